The zero-order valence-electron chi connectivity index (χ0n) is 16.1. The Kier molecular flexibility index (Phi) is 3.84. The number of likely N-dealkylation sites (tertiary alicyclic amines) is 1. The molecule has 2 saturated heterocycles. The summed E-state index contributed by atoms with van der Waals surface area (Å²) in [7, 11) is 0. The van der Waals surface area contributed by atoms with E-state index in [-0.39, 0.29) is 0 Å². The fourth-order valence-electron chi connectivity index (χ4n) is 4.74. The van der Waals surface area contributed by atoms with Crippen molar-refractivity contribution >= 4 is 39.1 Å². The summed E-state index contributed by atoms with van der Waals surface area (Å²) < 4.78 is 1.10. The Morgan fingerprint density at radius 1 is 1.25 bits per heavy atom. The van der Waals surface area contributed by atoms with Crippen LogP contribution in [0.25, 0.3) is 10.2 Å². The van der Waals surface area contributed by atoms with Crippen molar-refractivity contribution < 1.29 is 0 Å². The molecule has 3 aromatic rings. The van der Waals surface area contributed by atoms with E-state index in [1.165, 1.54) is 32.2 Å². The second-order valence-electron chi connectivity index (χ2n) is 8.30. The van der Waals surface area contributed by atoms with Gasteiger partial charge < -0.3 is 10.2 Å². The number of thiophene rings is 1. The first-order chi connectivity index (χ1) is 13.8. The lowest BCUT2D eigenvalue weighted by molar-refractivity contribution is 0.238. The number of anilines is 3. The minimum absolute atomic E-state index is 0.536. The van der Waals surface area contributed by atoms with Crippen LogP contribution in [0.2, 0.25) is 0 Å². The van der Waals surface area contributed by atoms with Crippen molar-refractivity contribution in [3.63, 3.8) is 0 Å². The Hall–Kier alpha value is -2.19. The van der Waals surface area contributed by atoms with E-state index >= 15 is 0 Å². The van der Waals surface area contributed by atoms with Gasteiger partial charge in [-0.3, -0.25) is 10.00 Å². The highest BCUT2D eigenvalue weighted by molar-refractivity contribution is 7.17. The fraction of sp³-hybridized carbons (Fsp3) is 0.550. The van der Waals surface area contributed by atoms with E-state index in [1.807, 2.05) is 0 Å². The van der Waals surface area contributed by atoms with E-state index in [1.54, 1.807) is 11.3 Å². The quantitative estimate of drug-likeness (QED) is 0.663. The first-order valence-electron chi connectivity index (χ1n) is 10.4. The number of aromatic nitrogens is 4. The van der Waals surface area contributed by atoms with Gasteiger partial charge in [0, 0.05) is 37.2 Å². The van der Waals surface area contributed by atoms with Gasteiger partial charge in [0.25, 0.3) is 0 Å². The number of fused-ring (bicyclic) bond motifs is 3. The maximum Gasteiger partial charge on any atom is 0.228 e. The van der Waals surface area contributed by atoms with Crippen molar-refractivity contribution in [1.29, 1.82) is 0 Å². The van der Waals surface area contributed by atoms with Crippen LogP contribution >= 0.6 is 11.3 Å². The van der Waals surface area contributed by atoms with E-state index in [0.29, 0.717) is 18.0 Å². The third-order valence-electron chi connectivity index (χ3n) is 6.26. The molecule has 0 amide bonds. The van der Waals surface area contributed by atoms with Crippen molar-refractivity contribution in [3.05, 3.63) is 23.2 Å². The smallest absolute Gasteiger partial charge is 0.228 e. The zero-order chi connectivity index (χ0) is 18.7. The third-order valence-corrected chi connectivity index (χ3v) is 7.17. The number of aromatic amines is 1. The van der Waals surface area contributed by atoms with E-state index in [4.69, 9.17) is 9.97 Å². The molecule has 0 aromatic carbocycles. The van der Waals surface area contributed by atoms with Gasteiger partial charge in [0.05, 0.1) is 15.9 Å². The first kappa shape index (κ1) is 16.7. The molecule has 5 heterocycles. The summed E-state index contributed by atoms with van der Waals surface area (Å²) in [5.41, 5.74) is 2.18. The Bertz CT molecular complexity index is 1010. The molecule has 1 saturated carbocycles. The van der Waals surface area contributed by atoms with Gasteiger partial charge in [0.2, 0.25) is 5.95 Å². The molecular formula is C20H25N7S. The molecule has 0 unspecified atom stereocenters. The van der Waals surface area contributed by atoms with Gasteiger partial charge in [0.1, 0.15) is 5.82 Å². The lowest BCUT2D eigenvalue weighted by atomic mass is 10.2. The van der Waals surface area contributed by atoms with Crippen molar-refractivity contribution in [2.75, 3.05) is 29.9 Å². The molecule has 8 heteroatoms. The van der Waals surface area contributed by atoms with Crippen LogP contribution in [0, 0.1) is 0 Å². The Morgan fingerprint density at radius 2 is 2.18 bits per heavy atom. The minimum atomic E-state index is 0.536. The Labute approximate surface area is 168 Å². The number of H-pyrrole nitrogens is 1. The number of hydrogen-bond donors (Lipinski definition) is 2. The number of nitrogens with zero attached hydrogens (tertiary/aromatic N) is 5. The van der Waals surface area contributed by atoms with Gasteiger partial charge in [-0.25, -0.2) is 4.98 Å². The van der Waals surface area contributed by atoms with Crippen molar-refractivity contribution in [2.24, 2.45) is 0 Å². The summed E-state index contributed by atoms with van der Waals surface area (Å²) in [6.07, 6.45) is 4.97. The van der Waals surface area contributed by atoms with Gasteiger partial charge >= 0.3 is 0 Å². The fourth-order valence-corrected chi connectivity index (χ4v) is 5.51. The van der Waals surface area contributed by atoms with Crippen LogP contribution in [0.3, 0.4) is 0 Å². The van der Waals surface area contributed by atoms with Crippen LogP contribution in [-0.2, 0) is 0 Å². The molecule has 0 radical (unpaired) electrons. The largest absolute Gasteiger partial charge is 0.335 e. The van der Waals surface area contributed by atoms with E-state index < -0.39 is 0 Å². The Morgan fingerprint density at radius 3 is 2.96 bits per heavy atom. The van der Waals surface area contributed by atoms with Gasteiger partial charge in [-0.05, 0) is 43.7 Å². The van der Waals surface area contributed by atoms with E-state index in [2.05, 4.69) is 49.8 Å². The van der Waals surface area contributed by atoms with Crippen molar-refractivity contribution in [3.8, 4) is 0 Å². The minimum Gasteiger partial charge on any atom is -0.335 e. The maximum absolute atomic E-state index is 4.96. The lowest BCUT2D eigenvalue weighted by Crippen LogP contribution is -2.47. The third kappa shape index (κ3) is 2.78. The van der Waals surface area contributed by atoms with E-state index in [0.717, 1.165) is 46.6 Å². The van der Waals surface area contributed by atoms with Gasteiger partial charge in [-0.1, -0.05) is 6.92 Å². The highest BCUT2D eigenvalue weighted by Crippen LogP contribution is 2.40. The Balaban J connectivity index is 1.29. The van der Waals surface area contributed by atoms with Crippen LogP contribution in [0.1, 0.15) is 44.2 Å². The predicted molar refractivity (Wildman–Crippen MR) is 113 cm³/mol. The second-order valence-corrected chi connectivity index (χ2v) is 9.22. The monoisotopic (exact) mass is 395 g/mol. The zero-order valence-corrected chi connectivity index (χ0v) is 16.9. The first-order valence-corrected chi connectivity index (χ1v) is 11.2. The molecule has 2 atom stereocenters. The van der Waals surface area contributed by atoms with Gasteiger partial charge in [0.15, 0.2) is 5.82 Å². The summed E-state index contributed by atoms with van der Waals surface area (Å²) in [4.78, 5) is 14.9. The van der Waals surface area contributed by atoms with Gasteiger partial charge in [-0.2, -0.15) is 10.1 Å². The average Bonchev–Trinajstić information content (AvgIpc) is 3.10. The lowest BCUT2D eigenvalue weighted by Gasteiger charge is -2.34. The average molecular weight is 396 g/mol. The van der Waals surface area contributed by atoms with Crippen LogP contribution in [-0.4, -0.2) is 56.8 Å². The topological polar surface area (TPSA) is 73.0 Å². The highest BCUT2D eigenvalue weighted by atomic mass is 32.1. The molecule has 0 spiro atoms. The molecule has 3 fully saturated rings. The number of piperazine rings is 1. The normalized spacial score (nSPS) is 24.5. The molecular weight excluding hydrogens is 370 g/mol. The molecule has 2 aliphatic heterocycles. The highest BCUT2D eigenvalue weighted by Gasteiger charge is 2.43. The molecule has 2 bridgehead atoms. The van der Waals surface area contributed by atoms with Crippen molar-refractivity contribution in [2.45, 2.75) is 50.6 Å². The van der Waals surface area contributed by atoms with Crippen LogP contribution in [0.15, 0.2) is 17.5 Å². The van der Waals surface area contributed by atoms with E-state index in [9.17, 15) is 0 Å². The molecule has 7 nitrogen and oxygen atoms in total. The second kappa shape index (κ2) is 6.42. The molecule has 1 aliphatic carbocycles. The summed E-state index contributed by atoms with van der Waals surface area (Å²) in [6, 6.07) is 5.40. The molecule has 3 aliphatic rings. The molecule has 3 aromatic heterocycles. The predicted octanol–water partition coefficient (Wildman–Crippen LogP) is 3.71. The standard InChI is InChI=1S/C20H25N7S/c1-2-6-26-10-14-8-13(26)11-27(14)20-21-15-5-7-28-18(15)19(23-20)22-17-9-16(24-25-17)12-3-4-12/h5,7,9,12-14H,2-4,6,8,10-11H2,1H3,(H2,21,22,23,24,25)/t13-,14-/m0/s1. The summed E-state index contributed by atoms with van der Waals surface area (Å²) in [5.74, 6) is 3.30. The number of nitrogens with one attached hydrogen (secondary N) is 2. The molecule has 146 valence electrons. The SMILES string of the molecule is CCCN1C[C@@H]2C[C@H]1CN2c1nc(Nc2cc(C3CC3)n[nH]2)c2sccc2n1. The summed E-state index contributed by atoms with van der Waals surface area (Å²) >= 11 is 1.68. The molecule has 6 rings (SSSR count). The van der Waals surface area contributed by atoms with Gasteiger partial charge in [-0.15, -0.1) is 11.3 Å². The van der Waals surface area contributed by atoms with Crippen molar-refractivity contribution in [1.82, 2.24) is 25.1 Å². The number of rotatable bonds is 6. The molecule has 2 N–H and O–H groups in total. The number of hydrogen-bond acceptors (Lipinski definition) is 7. The van der Waals surface area contributed by atoms with Crippen LogP contribution < -0.4 is 10.2 Å². The van der Waals surface area contributed by atoms with Crippen LogP contribution in [0.4, 0.5) is 17.6 Å². The summed E-state index contributed by atoms with van der Waals surface area (Å²) in [6.45, 7) is 5.64. The maximum atomic E-state index is 4.96. The summed E-state index contributed by atoms with van der Waals surface area (Å²) in [5, 5.41) is 13.2. The molecule has 28 heavy (non-hydrogen) atoms. The van der Waals surface area contributed by atoms with Crippen LogP contribution in [0.5, 0.6) is 0 Å².